The predicted molar refractivity (Wildman–Crippen MR) is 138 cm³/mol. The van der Waals surface area contributed by atoms with Gasteiger partial charge < -0.3 is 19.9 Å². The average molecular weight is 502 g/mol. The number of nitrogens with two attached hydrogens (primary N) is 1. The van der Waals surface area contributed by atoms with E-state index in [-0.39, 0.29) is 11.8 Å². The molecule has 0 saturated carbocycles. The third kappa shape index (κ3) is 5.47. The fourth-order valence-electron chi connectivity index (χ4n) is 4.87. The SMILES string of the molecule is CCCc1c(-c2nc(-c3ccc(C(O)CN4CCCC(C(N)=O)C4)cc3)no2)noc1-c1ccccc1. The van der Waals surface area contributed by atoms with Crippen molar-refractivity contribution in [3.63, 3.8) is 0 Å². The van der Waals surface area contributed by atoms with Gasteiger partial charge in [-0.15, -0.1) is 0 Å². The molecule has 2 atom stereocenters. The van der Waals surface area contributed by atoms with Crippen LogP contribution in [-0.4, -0.2) is 50.8 Å². The standard InChI is InChI=1S/C28H31N5O4/c1-2-7-22-24(31-36-25(22)19-8-4-3-5-9-19)28-30-27(32-37-28)20-13-11-18(12-14-20)23(34)17-33-15-6-10-21(16-33)26(29)35/h3-5,8-9,11-14,21,23,34H,2,6-7,10,15-17H2,1H3,(H2,29,35). The van der Waals surface area contributed by atoms with Crippen LogP contribution in [0.3, 0.4) is 0 Å². The molecule has 2 unspecified atom stereocenters. The molecular weight excluding hydrogens is 470 g/mol. The van der Waals surface area contributed by atoms with Crippen molar-refractivity contribution in [3.05, 3.63) is 65.7 Å². The summed E-state index contributed by atoms with van der Waals surface area (Å²) in [4.78, 5) is 18.2. The van der Waals surface area contributed by atoms with Crippen molar-refractivity contribution in [1.82, 2.24) is 20.2 Å². The number of amides is 1. The summed E-state index contributed by atoms with van der Waals surface area (Å²) in [6.07, 6.45) is 2.72. The Morgan fingerprint density at radius 3 is 2.62 bits per heavy atom. The first-order valence-electron chi connectivity index (χ1n) is 12.7. The van der Waals surface area contributed by atoms with E-state index in [4.69, 9.17) is 14.8 Å². The van der Waals surface area contributed by atoms with Gasteiger partial charge in [0.15, 0.2) is 11.5 Å². The van der Waals surface area contributed by atoms with Crippen molar-refractivity contribution in [2.45, 2.75) is 38.7 Å². The third-order valence-corrected chi connectivity index (χ3v) is 6.85. The number of benzene rings is 2. The lowest BCUT2D eigenvalue weighted by molar-refractivity contribution is -0.123. The number of likely N-dealkylation sites (tertiary alicyclic amines) is 1. The summed E-state index contributed by atoms with van der Waals surface area (Å²) in [7, 11) is 0. The number of aliphatic hydroxyl groups is 1. The van der Waals surface area contributed by atoms with Gasteiger partial charge in [0.2, 0.25) is 11.7 Å². The Labute approximate surface area is 215 Å². The molecule has 1 aliphatic rings. The minimum atomic E-state index is -0.676. The first-order chi connectivity index (χ1) is 18.0. The molecule has 0 aliphatic carbocycles. The summed E-state index contributed by atoms with van der Waals surface area (Å²) in [5.74, 6) is 1.03. The molecule has 9 nitrogen and oxygen atoms in total. The number of rotatable bonds is 9. The van der Waals surface area contributed by atoms with Crippen molar-refractivity contribution < 1.29 is 18.9 Å². The zero-order chi connectivity index (χ0) is 25.8. The van der Waals surface area contributed by atoms with E-state index in [9.17, 15) is 9.90 Å². The van der Waals surface area contributed by atoms with Gasteiger partial charge in [-0.3, -0.25) is 9.69 Å². The van der Waals surface area contributed by atoms with Crippen LogP contribution in [-0.2, 0) is 11.2 Å². The van der Waals surface area contributed by atoms with Crippen LogP contribution >= 0.6 is 0 Å². The number of aliphatic hydroxyl groups excluding tert-OH is 1. The van der Waals surface area contributed by atoms with Gasteiger partial charge in [0.05, 0.1) is 12.0 Å². The largest absolute Gasteiger partial charge is 0.387 e. The van der Waals surface area contributed by atoms with Crippen molar-refractivity contribution in [2.75, 3.05) is 19.6 Å². The maximum Gasteiger partial charge on any atom is 0.280 e. The molecule has 0 bridgehead atoms. The molecule has 192 valence electrons. The summed E-state index contributed by atoms with van der Waals surface area (Å²) in [6, 6.07) is 17.3. The highest BCUT2D eigenvalue weighted by Crippen LogP contribution is 2.33. The fraction of sp³-hybridized carbons (Fsp3) is 0.357. The van der Waals surface area contributed by atoms with Crippen LogP contribution in [0.2, 0.25) is 0 Å². The first kappa shape index (κ1) is 24.9. The molecule has 3 heterocycles. The number of aromatic nitrogens is 3. The second-order valence-corrected chi connectivity index (χ2v) is 9.52. The zero-order valence-electron chi connectivity index (χ0n) is 20.8. The number of hydrogen-bond acceptors (Lipinski definition) is 8. The molecule has 0 radical (unpaired) electrons. The zero-order valence-corrected chi connectivity index (χ0v) is 20.8. The maximum atomic E-state index is 11.5. The minimum absolute atomic E-state index is 0.151. The van der Waals surface area contributed by atoms with Gasteiger partial charge in [0.25, 0.3) is 5.89 Å². The highest BCUT2D eigenvalue weighted by molar-refractivity contribution is 5.77. The van der Waals surface area contributed by atoms with Crippen molar-refractivity contribution >= 4 is 5.91 Å². The molecule has 1 fully saturated rings. The number of carbonyl (C=O) groups excluding carboxylic acids is 1. The highest BCUT2D eigenvalue weighted by Gasteiger charge is 2.26. The van der Waals surface area contributed by atoms with Crippen molar-refractivity contribution in [1.29, 1.82) is 0 Å². The van der Waals surface area contributed by atoms with E-state index in [2.05, 4.69) is 27.1 Å². The topological polar surface area (TPSA) is 132 Å². The van der Waals surface area contributed by atoms with Crippen molar-refractivity contribution in [2.24, 2.45) is 11.7 Å². The normalized spacial score (nSPS) is 17.1. The molecule has 3 N–H and O–H groups in total. The van der Waals surface area contributed by atoms with E-state index in [1.807, 2.05) is 54.6 Å². The maximum absolute atomic E-state index is 11.5. The Morgan fingerprint density at radius 2 is 1.89 bits per heavy atom. The number of piperidine rings is 1. The Bertz CT molecular complexity index is 1330. The quantitative estimate of drug-likeness (QED) is 0.348. The Kier molecular flexibility index (Phi) is 7.43. The van der Waals surface area contributed by atoms with E-state index >= 15 is 0 Å². The first-order valence-corrected chi connectivity index (χ1v) is 12.7. The summed E-state index contributed by atoms with van der Waals surface area (Å²) < 4.78 is 11.3. The number of nitrogens with zero attached hydrogens (tertiary/aromatic N) is 4. The van der Waals surface area contributed by atoms with E-state index in [1.165, 1.54) is 0 Å². The van der Waals surface area contributed by atoms with Gasteiger partial charge in [-0.1, -0.05) is 78.3 Å². The molecular formula is C28H31N5O4. The Morgan fingerprint density at radius 1 is 1.11 bits per heavy atom. The van der Waals surface area contributed by atoms with Crippen LogP contribution in [0, 0.1) is 5.92 Å². The smallest absolute Gasteiger partial charge is 0.280 e. The Hall–Kier alpha value is -3.82. The van der Waals surface area contributed by atoms with Crippen LogP contribution < -0.4 is 5.73 Å². The summed E-state index contributed by atoms with van der Waals surface area (Å²) >= 11 is 0. The van der Waals surface area contributed by atoms with E-state index < -0.39 is 6.10 Å². The lowest BCUT2D eigenvalue weighted by atomic mass is 9.96. The van der Waals surface area contributed by atoms with Gasteiger partial charge in [-0.05, 0) is 31.4 Å². The third-order valence-electron chi connectivity index (χ3n) is 6.85. The predicted octanol–water partition coefficient (Wildman–Crippen LogP) is 4.24. The lowest BCUT2D eigenvalue weighted by Crippen LogP contribution is -2.42. The molecule has 2 aromatic carbocycles. The fourth-order valence-corrected chi connectivity index (χ4v) is 4.87. The van der Waals surface area contributed by atoms with Gasteiger partial charge in [0, 0.05) is 29.8 Å². The average Bonchev–Trinajstić information content (AvgIpc) is 3.57. The van der Waals surface area contributed by atoms with Crippen LogP contribution in [0.5, 0.6) is 0 Å². The second-order valence-electron chi connectivity index (χ2n) is 9.52. The number of carbonyl (C=O) groups is 1. The summed E-state index contributed by atoms with van der Waals surface area (Å²) in [6.45, 7) is 3.98. The van der Waals surface area contributed by atoms with Crippen LogP contribution in [0.1, 0.15) is 43.4 Å². The minimum Gasteiger partial charge on any atom is -0.387 e. The molecule has 0 spiro atoms. The van der Waals surface area contributed by atoms with Crippen LogP contribution in [0.25, 0.3) is 34.3 Å². The Balaban J connectivity index is 1.30. The molecule has 1 aliphatic heterocycles. The monoisotopic (exact) mass is 501 g/mol. The van der Waals surface area contributed by atoms with Gasteiger partial charge >= 0.3 is 0 Å². The van der Waals surface area contributed by atoms with E-state index in [1.54, 1.807) is 0 Å². The van der Waals surface area contributed by atoms with E-state index in [0.29, 0.717) is 36.3 Å². The molecule has 4 aromatic rings. The van der Waals surface area contributed by atoms with Crippen molar-refractivity contribution in [3.8, 4) is 34.3 Å². The molecule has 5 rings (SSSR count). The van der Waals surface area contributed by atoms with Crippen LogP contribution in [0.4, 0.5) is 0 Å². The number of hydrogen-bond donors (Lipinski definition) is 2. The highest BCUT2D eigenvalue weighted by atomic mass is 16.5. The van der Waals surface area contributed by atoms with E-state index in [0.717, 1.165) is 54.5 Å². The lowest BCUT2D eigenvalue weighted by Gasteiger charge is -2.32. The molecule has 9 heteroatoms. The van der Waals surface area contributed by atoms with Gasteiger partial charge in [-0.25, -0.2) is 0 Å². The van der Waals surface area contributed by atoms with Gasteiger partial charge in [-0.2, -0.15) is 4.98 Å². The van der Waals surface area contributed by atoms with Crippen LogP contribution in [0.15, 0.2) is 63.6 Å². The van der Waals surface area contributed by atoms with Gasteiger partial charge in [0.1, 0.15) is 0 Å². The molecule has 1 amide bonds. The second kappa shape index (κ2) is 11.1. The summed E-state index contributed by atoms with van der Waals surface area (Å²) in [5, 5.41) is 19.2. The molecule has 1 saturated heterocycles. The number of primary amides is 1. The molecule has 37 heavy (non-hydrogen) atoms. The summed E-state index contributed by atoms with van der Waals surface area (Å²) in [5.41, 5.74) is 9.48. The number of β-amino-alcohol motifs (C(OH)–C–C–N with tert-alkyl or cyclic N) is 1. The molecule has 2 aromatic heterocycles.